The zero-order chi connectivity index (χ0) is 20.4. The van der Waals surface area contributed by atoms with Crippen LogP contribution in [0.5, 0.6) is 0 Å². The quantitative estimate of drug-likeness (QED) is 0.541. The predicted octanol–water partition coefficient (Wildman–Crippen LogP) is 4.25. The standard InChI is InChI=1S/C22H21N5OS/c1-14-10-16(3)27(26-14)20-9-4-17(11-23-20)12-24-21(28)18-5-7-19(8-6-18)22-25-15(2)13-29-22/h4-11,13H,12H2,1-3H3,(H,24,28). The number of nitrogens with one attached hydrogen (secondary N) is 1. The molecule has 146 valence electrons. The lowest BCUT2D eigenvalue weighted by atomic mass is 10.1. The van der Waals surface area contributed by atoms with Crippen LogP contribution in [0.2, 0.25) is 0 Å². The van der Waals surface area contributed by atoms with Gasteiger partial charge in [0.05, 0.1) is 5.69 Å². The van der Waals surface area contributed by atoms with Crippen LogP contribution in [0, 0.1) is 20.8 Å². The molecular weight excluding hydrogens is 382 g/mol. The maximum absolute atomic E-state index is 12.4. The third-order valence-corrected chi connectivity index (χ3v) is 5.51. The Morgan fingerprint density at radius 3 is 2.45 bits per heavy atom. The summed E-state index contributed by atoms with van der Waals surface area (Å²) in [4.78, 5) is 21.4. The minimum Gasteiger partial charge on any atom is -0.348 e. The molecular formula is C22H21N5OS. The number of amides is 1. The summed E-state index contributed by atoms with van der Waals surface area (Å²) in [6.07, 6.45) is 1.76. The van der Waals surface area contributed by atoms with E-state index in [1.807, 2.05) is 73.3 Å². The van der Waals surface area contributed by atoms with E-state index < -0.39 is 0 Å². The highest BCUT2D eigenvalue weighted by molar-refractivity contribution is 7.13. The van der Waals surface area contributed by atoms with Crippen molar-refractivity contribution < 1.29 is 4.79 Å². The third-order valence-electron chi connectivity index (χ3n) is 4.50. The minimum absolute atomic E-state index is 0.116. The van der Waals surface area contributed by atoms with E-state index in [1.165, 1.54) is 0 Å². The van der Waals surface area contributed by atoms with Gasteiger partial charge in [-0.1, -0.05) is 18.2 Å². The lowest BCUT2D eigenvalue weighted by molar-refractivity contribution is 0.0951. The van der Waals surface area contributed by atoms with Crippen molar-refractivity contribution in [3.63, 3.8) is 0 Å². The van der Waals surface area contributed by atoms with Gasteiger partial charge in [-0.2, -0.15) is 5.10 Å². The highest BCUT2D eigenvalue weighted by Gasteiger charge is 2.09. The molecule has 1 aromatic carbocycles. The molecule has 6 nitrogen and oxygen atoms in total. The number of pyridine rings is 1. The molecule has 0 bridgehead atoms. The van der Waals surface area contributed by atoms with Gasteiger partial charge >= 0.3 is 0 Å². The molecule has 29 heavy (non-hydrogen) atoms. The maximum atomic E-state index is 12.4. The van der Waals surface area contributed by atoms with Gasteiger partial charge in [0, 0.05) is 40.6 Å². The topological polar surface area (TPSA) is 72.7 Å². The number of aromatic nitrogens is 4. The molecule has 7 heteroatoms. The summed E-state index contributed by atoms with van der Waals surface area (Å²) >= 11 is 1.60. The Morgan fingerprint density at radius 2 is 1.86 bits per heavy atom. The molecule has 0 saturated carbocycles. The summed E-state index contributed by atoms with van der Waals surface area (Å²) in [5.74, 6) is 0.646. The SMILES string of the molecule is Cc1csc(-c2ccc(C(=O)NCc3ccc(-n4nc(C)cc4C)nc3)cc2)n1. The first kappa shape index (κ1) is 19.0. The highest BCUT2D eigenvalue weighted by atomic mass is 32.1. The van der Waals surface area contributed by atoms with Crippen LogP contribution in [0.25, 0.3) is 16.4 Å². The molecule has 0 aliphatic carbocycles. The first-order valence-electron chi connectivity index (χ1n) is 9.29. The predicted molar refractivity (Wildman–Crippen MR) is 114 cm³/mol. The second kappa shape index (κ2) is 7.97. The van der Waals surface area contributed by atoms with Gasteiger partial charge in [-0.05, 0) is 50.6 Å². The summed E-state index contributed by atoms with van der Waals surface area (Å²) in [7, 11) is 0. The van der Waals surface area contributed by atoms with E-state index >= 15 is 0 Å². The van der Waals surface area contributed by atoms with Crippen molar-refractivity contribution >= 4 is 17.2 Å². The molecule has 0 fully saturated rings. The molecule has 0 unspecified atom stereocenters. The number of nitrogens with zero attached hydrogens (tertiary/aromatic N) is 4. The van der Waals surface area contributed by atoms with E-state index in [1.54, 1.807) is 17.5 Å². The molecule has 3 aromatic heterocycles. The first-order chi connectivity index (χ1) is 14.0. The van der Waals surface area contributed by atoms with Crippen LogP contribution in [-0.2, 0) is 6.54 Å². The Kier molecular flexibility index (Phi) is 5.22. The van der Waals surface area contributed by atoms with Crippen LogP contribution in [0.4, 0.5) is 0 Å². The van der Waals surface area contributed by atoms with Crippen LogP contribution in [0.15, 0.2) is 54.0 Å². The zero-order valence-electron chi connectivity index (χ0n) is 16.5. The van der Waals surface area contributed by atoms with Crippen molar-refractivity contribution in [2.24, 2.45) is 0 Å². The number of benzene rings is 1. The van der Waals surface area contributed by atoms with Crippen LogP contribution in [0.3, 0.4) is 0 Å². The number of aryl methyl sites for hydroxylation is 3. The smallest absolute Gasteiger partial charge is 0.251 e. The summed E-state index contributed by atoms with van der Waals surface area (Å²) < 4.78 is 1.81. The molecule has 4 aromatic rings. The van der Waals surface area contributed by atoms with Crippen molar-refractivity contribution in [1.82, 2.24) is 25.1 Å². The molecule has 0 saturated heterocycles. The molecule has 1 N–H and O–H groups in total. The Hall–Kier alpha value is -3.32. The molecule has 4 rings (SSSR count). The Morgan fingerprint density at radius 1 is 1.07 bits per heavy atom. The van der Waals surface area contributed by atoms with Gasteiger partial charge in [-0.15, -0.1) is 11.3 Å². The maximum Gasteiger partial charge on any atom is 0.251 e. The van der Waals surface area contributed by atoms with E-state index in [0.29, 0.717) is 12.1 Å². The fraction of sp³-hybridized carbons (Fsp3) is 0.182. The van der Waals surface area contributed by atoms with Gasteiger partial charge in [0.25, 0.3) is 5.91 Å². The highest BCUT2D eigenvalue weighted by Crippen LogP contribution is 2.23. The van der Waals surface area contributed by atoms with E-state index in [2.05, 4.69) is 20.4 Å². The van der Waals surface area contributed by atoms with Gasteiger partial charge in [-0.25, -0.2) is 14.6 Å². The number of hydrogen-bond donors (Lipinski definition) is 1. The fourth-order valence-electron chi connectivity index (χ4n) is 3.04. The average molecular weight is 404 g/mol. The van der Waals surface area contributed by atoms with E-state index in [0.717, 1.165) is 39.0 Å². The number of thiazole rings is 1. The molecule has 0 spiro atoms. The van der Waals surface area contributed by atoms with Crippen LogP contribution < -0.4 is 5.32 Å². The average Bonchev–Trinajstić information content (AvgIpc) is 3.31. The third kappa shape index (κ3) is 4.25. The van der Waals surface area contributed by atoms with Gasteiger partial charge in [0.1, 0.15) is 5.01 Å². The Balaban J connectivity index is 1.38. The number of rotatable bonds is 5. The van der Waals surface area contributed by atoms with Crippen molar-refractivity contribution in [3.8, 4) is 16.4 Å². The van der Waals surface area contributed by atoms with Gasteiger partial charge < -0.3 is 5.32 Å². The second-order valence-corrected chi connectivity index (χ2v) is 7.78. The van der Waals surface area contributed by atoms with Crippen LogP contribution in [0.1, 0.15) is 33.0 Å². The number of hydrogen-bond acceptors (Lipinski definition) is 5. The molecule has 0 aliphatic rings. The number of carbonyl (C=O) groups excluding carboxylic acids is 1. The summed E-state index contributed by atoms with van der Waals surface area (Å²) in [5.41, 5.74) is 5.56. The Bertz CT molecular complexity index is 1140. The molecule has 0 atom stereocenters. The fourth-order valence-corrected chi connectivity index (χ4v) is 3.85. The lowest BCUT2D eigenvalue weighted by Gasteiger charge is -2.07. The van der Waals surface area contributed by atoms with Crippen LogP contribution >= 0.6 is 11.3 Å². The molecule has 0 radical (unpaired) electrons. The van der Waals surface area contributed by atoms with Crippen molar-refractivity contribution in [2.75, 3.05) is 0 Å². The summed E-state index contributed by atoms with van der Waals surface area (Å²) in [5, 5.41) is 10.4. The summed E-state index contributed by atoms with van der Waals surface area (Å²) in [6, 6.07) is 13.4. The van der Waals surface area contributed by atoms with E-state index in [9.17, 15) is 4.79 Å². The number of carbonyl (C=O) groups is 1. The van der Waals surface area contributed by atoms with Gasteiger partial charge in [0.15, 0.2) is 5.82 Å². The van der Waals surface area contributed by atoms with Gasteiger partial charge in [0.2, 0.25) is 0 Å². The second-order valence-electron chi connectivity index (χ2n) is 6.92. The van der Waals surface area contributed by atoms with Crippen LogP contribution in [-0.4, -0.2) is 25.7 Å². The molecule has 0 aliphatic heterocycles. The molecule has 1 amide bonds. The van der Waals surface area contributed by atoms with E-state index in [4.69, 9.17) is 0 Å². The van der Waals surface area contributed by atoms with Crippen molar-refractivity contribution in [2.45, 2.75) is 27.3 Å². The van der Waals surface area contributed by atoms with Crippen molar-refractivity contribution in [3.05, 3.63) is 82.3 Å². The minimum atomic E-state index is -0.116. The summed E-state index contributed by atoms with van der Waals surface area (Å²) in [6.45, 7) is 6.34. The lowest BCUT2D eigenvalue weighted by Crippen LogP contribution is -2.22. The Labute approximate surface area is 173 Å². The normalized spacial score (nSPS) is 10.9. The van der Waals surface area contributed by atoms with Crippen molar-refractivity contribution in [1.29, 1.82) is 0 Å². The van der Waals surface area contributed by atoms with E-state index in [-0.39, 0.29) is 5.91 Å². The first-order valence-corrected chi connectivity index (χ1v) is 10.2. The largest absolute Gasteiger partial charge is 0.348 e. The van der Waals surface area contributed by atoms with Gasteiger partial charge in [-0.3, -0.25) is 4.79 Å². The molecule has 3 heterocycles. The monoisotopic (exact) mass is 403 g/mol. The zero-order valence-corrected chi connectivity index (χ0v) is 17.3.